The summed E-state index contributed by atoms with van der Waals surface area (Å²) in [4.78, 5) is 0. The number of rotatable bonds is 3. The van der Waals surface area contributed by atoms with Crippen LogP contribution in [0.3, 0.4) is 0 Å². The Bertz CT molecular complexity index is 300. The Balaban J connectivity index is 1.82. The first-order valence-corrected chi connectivity index (χ1v) is 5.65. The van der Waals surface area contributed by atoms with Gasteiger partial charge in [-0.2, -0.15) is 0 Å². The fourth-order valence-electron chi connectivity index (χ4n) is 1.79. The van der Waals surface area contributed by atoms with Crippen LogP contribution in [-0.4, -0.2) is 12.1 Å². The van der Waals surface area contributed by atoms with Crippen LogP contribution in [0.2, 0.25) is 0 Å². The van der Waals surface area contributed by atoms with Gasteiger partial charge in [0.2, 0.25) is 0 Å². The van der Waals surface area contributed by atoms with Crippen LogP contribution in [-0.2, 0) is 11.3 Å². The maximum atomic E-state index is 5.89. The van der Waals surface area contributed by atoms with Gasteiger partial charge in [-0.3, -0.25) is 0 Å². The van der Waals surface area contributed by atoms with Gasteiger partial charge in [-0.25, -0.2) is 0 Å². The molecule has 2 unspecified atom stereocenters. The highest BCUT2D eigenvalue weighted by Gasteiger charge is 2.24. The largest absolute Gasteiger partial charge is 0.457 e. The summed E-state index contributed by atoms with van der Waals surface area (Å²) >= 11 is 3.25. The Morgan fingerprint density at radius 2 is 2.43 bits per heavy atom. The second-order valence-corrected chi connectivity index (χ2v) is 4.48. The van der Waals surface area contributed by atoms with Crippen molar-refractivity contribution < 1.29 is 9.15 Å². The lowest BCUT2D eigenvalue weighted by molar-refractivity contribution is 0.0355. The molecule has 4 heteroatoms. The third-order valence-electron chi connectivity index (χ3n) is 2.59. The van der Waals surface area contributed by atoms with E-state index in [4.69, 9.17) is 14.9 Å². The first-order chi connectivity index (χ1) is 6.75. The molecular weight excluding hydrogens is 246 g/mol. The van der Waals surface area contributed by atoms with Gasteiger partial charge in [0.25, 0.3) is 0 Å². The zero-order valence-corrected chi connectivity index (χ0v) is 9.50. The third kappa shape index (κ3) is 2.38. The second-order valence-electron chi connectivity index (χ2n) is 3.70. The highest BCUT2D eigenvalue weighted by atomic mass is 79.9. The van der Waals surface area contributed by atoms with E-state index in [1.54, 1.807) is 6.26 Å². The molecule has 1 aromatic heterocycles. The molecule has 2 atom stereocenters. The van der Waals surface area contributed by atoms with Gasteiger partial charge < -0.3 is 14.9 Å². The smallest absolute Gasteiger partial charge is 0.169 e. The van der Waals surface area contributed by atoms with Gasteiger partial charge in [0.15, 0.2) is 4.67 Å². The molecule has 0 saturated heterocycles. The lowest BCUT2D eigenvalue weighted by atomic mass is 10.2. The van der Waals surface area contributed by atoms with Gasteiger partial charge in [-0.15, -0.1) is 0 Å². The number of hydrogen-bond donors (Lipinski definition) is 1. The van der Waals surface area contributed by atoms with Crippen LogP contribution in [0.25, 0.3) is 0 Å². The molecule has 1 fully saturated rings. The summed E-state index contributed by atoms with van der Waals surface area (Å²) in [5, 5.41) is 0. The summed E-state index contributed by atoms with van der Waals surface area (Å²) in [7, 11) is 0. The summed E-state index contributed by atoms with van der Waals surface area (Å²) in [5.41, 5.74) is 6.94. The maximum Gasteiger partial charge on any atom is 0.169 e. The molecule has 1 saturated carbocycles. The summed E-state index contributed by atoms with van der Waals surface area (Å²) in [6, 6.07) is 2.13. The summed E-state index contributed by atoms with van der Waals surface area (Å²) < 4.78 is 11.6. The van der Waals surface area contributed by atoms with Crippen LogP contribution < -0.4 is 5.73 Å². The average molecular weight is 260 g/mol. The molecule has 2 N–H and O–H groups in total. The van der Waals surface area contributed by atoms with Gasteiger partial charge in [-0.05, 0) is 41.3 Å². The van der Waals surface area contributed by atoms with E-state index in [1.165, 1.54) is 6.42 Å². The zero-order chi connectivity index (χ0) is 9.97. The van der Waals surface area contributed by atoms with Crippen molar-refractivity contribution in [2.75, 3.05) is 0 Å². The van der Waals surface area contributed by atoms with Gasteiger partial charge in [-0.1, -0.05) is 0 Å². The molecule has 0 spiro atoms. The summed E-state index contributed by atoms with van der Waals surface area (Å²) in [5.74, 6) is 0. The van der Waals surface area contributed by atoms with Crippen molar-refractivity contribution in [3.63, 3.8) is 0 Å². The maximum absolute atomic E-state index is 5.89. The number of ether oxygens (including phenoxy) is 1. The minimum atomic E-state index is 0.213. The predicted octanol–water partition coefficient (Wildman–Crippen LogP) is 2.44. The molecule has 2 rings (SSSR count). The van der Waals surface area contributed by atoms with Crippen LogP contribution in [0.5, 0.6) is 0 Å². The van der Waals surface area contributed by atoms with Crippen LogP contribution in [0.15, 0.2) is 21.4 Å². The monoisotopic (exact) mass is 259 g/mol. The normalized spacial score (nSPS) is 27.0. The number of halogens is 1. The fraction of sp³-hybridized carbons (Fsp3) is 0.600. The molecule has 0 aliphatic heterocycles. The molecule has 3 nitrogen and oxygen atoms in total. The highest BCUT2D eigenvalue weighted by molar-refractivity contribution is 9.10. The quantitative estimate of drug-likeness (QED) is 0.908. The van der Waals surface area contributed by atoms with Crippen molar-refractivity contribution in [3.8, 4) is 0 Å². The van der Waals surface area contributed by atoms with Crippen LogP contribution in [0.1, 0.15) is 24.8 Å². The van der Waals surface area contributed by atoms with E-state index in [2.05, 4.69) is 15.9 Å². The van der Waals surface area contributed by atoms with Crippen molar-refractivity contribution in [3.05, 3.63) is 22.6 Å². The Labute approximate surface area is 91.7 Å². The molecule has 0 amide bonds. The third-order valence-corrected chi connectivity index (χ3v) is 3.01. The summed E-state index contributed by atoms with van der Waals surface area (Å²) in [6.45, 7) is 0.591. The van der Waals surface area contributed by atoms with Crippen molar-refractivity contribution in [1.82, 2.24) is 0 Å². The lowest BCUT2D eigenvalue weighted by Gasteiger charge is -2.15. The molecule has 1 aliphatic carbocycles. The van der Waals surface area contributed by atoms with Crippen molar-refractivity contribution in [1.29, 1.82) is 0 Å². The Kier molecular flexibility index (Phi) is 3.26. The van der Waals surface area contributed by atoms with E-state index < -0.39 is 0 Å². The summed E-state index contributed by atoms with van der Waals surface area (Å²) in [6.07, 6.45) is 5.27. The molecule has 0 radical (unpaired) electrons. The van der Waals surface area contributed by atoms with E-state index in [0.717, 1.165) is 23.1 Å². The van der Waals surface area contributed by atoms with Crippen LogP contribution >= 0.6 is 15.9 Å². The van der Waals surface area contributed by atoms with Gasteiger partial charge >= 0.3 is 0 Å². The van der Waals surface area contributed by atoms with Crippen molar-refractivity contribution in [2.24, 2.45) is 5.73 Å². The fourth-order valence-corrected chi connectivity index (χ4v) is 2.17. The number of nitrogens with two attached hydrogens (primary N) is 1. The topological polar surface area (TPSA) is 48.4 Å². The Morgan fingerprint density at radius 3 is 3.00 bits per heavy atom. The van der Waals surface area contributed by atoms with E-state index >= 15 is 0 Å². The Morgan fingerprint density at radius 1 is 1.57 bits per heavy atom. The molecule has 1 heterocycles. The molecule has 78 valence electrons. The first kappa shape index (κ1) is 10.2. The van der Waals surface area contributed by atoms with Crippen LogP contribution in [0.4, 0.5) is 0 Å². The van der Waals surface area contributed by atoms with Crippen molar-refractivity contribution in [2.45, 2.75) is 38.0 Å². The highest BCUT2D eigenvalue weighted by Crippen LogP contribution is 2.22. The number of hydrogen-bond acceptors (Lipinski definition) is 3. The first-order valence-electron chi connectivity index (χ1n) is 4.86. The molecule has 0 bridgehead atoms. The standard InChI is InChI=1S/C10H14BrNO2/c11-10-4-7(6-14-10)5-13-9-3-1-2-8(9)12/h4,6,8-9H,1-3,5,12H2. The Hall–Kier alpha value is -0.320. The van der Waals surface area contributed by atoms with Gasteiger partial charge in [0.1, 0.15) is 0 Å². The second kappa shape index (κ2) is 4.47. The minimum Gasteiger partial charge on any atom is -0.457 e. The molecule has 0 aromatic carbocycles. The SMILES string of the molecule is NC1CCCC1OCc1coc(Br)c1. The molecule has 1 aliphatic rings. The molecule has 14 heavy (non-hydrogen) atoms. The van der Waals surface area contributed by atoms with E-state index in [0.29, 0.717) is 6.61 Å². The lowest BCUT2D eigenvalue weighted by Crippen LogP contribution is -2.31. The van der Waals surface area contributed by atoms with Gasteiger partial charge in [0.05, 0.1) is 19.0 Å². The number of furan rings is 1. The van der Waals surface area contributed by atoms with Crippen molar-refractivity contribution >= 4 is 15.9 Å². The van der Waals surface area contributed by atoms with E-state index in [9.17, 15) is 0 Å². The zero-order valence-electron chi connectivity index (χ0n) is 7.91. The average Bonchev–Trinajstić information content (AvgIpc) is 2.72. The van der Waals surface area contributed by atoms with E-state index in [-0.39, 0.29) is 12.1 Å². The van der Waals surface area contributed by atoms with Crippen LogP contribution in [0, 0.1) is 0 Å². The molecular formula is C10H14BrNO2. The molecule has 1 aromatic rings. The van der Waals surface area contributed by atoms with Gasteiger partial charge in [0, 0.05) is 11.6 Å². The predicted molar refractivity (Wildman–Crippen MR) is 56.8 cm³/mol. The minimum absolute atomic E-state index is 0.213. The van der Waals surface area contributed by atoms with E-state index in [1.807, 2.05) is 6.07 Å².